The maximum absolute atomic E-state index is 12.6. The predicted octanol–water partition coefficient (Wildman–Crippen LogP) is 1.11. The number of carbonyl (C=O) groups excluding carboxylic acids is 2. The molecule has 3 heterocycles. The number of nitrogens with one attached hydrogen (secondary N) is 1. The number of ether oxygens (including phenoxy) is 1. The van der Waals surface area contributed by atoms with E-state index in [1.807, 2.05) is 0 Å². The van der Waals surface area contributed by atoms with Crippen LogP contribution in [0.4, 0.5) is 0 Å². The van der Waals surface area contributed by atoms with Crippen molar-refractivity contribution in [3.8, 4) is 0 Å². The zero-order valence-corrected chi connectivity index (χ0v) is 14.8. The molecule has 2 amide bonds. The van der Waals surface area contributed by atoms with Gasteiger partial charge < -0.3 is 19.4 Å². The highest BCUT2D eigenvalue weighted by molar-refractivity contribution is 5.95. The van der Waals surface area contributed by atoms with Crippen LogP contribution >= 0.6 is 0 Å². The Hall–Kier alpha value is -1.86. The standard InChI is InChI=1S/C18H27N3O4/c1-24-12-10-20-8-2-5-14(20)13-19-17(22)15-6-3-9-21(15)18(23)16-7-4-11-25-16/h4,7,11,14-15H,2-3,5-6,8-10,12-13H2,1H3,(H,19,22). The van der Waals surface area contributed by atoms with Gasteiger partial charge in [0.25, 0.3) is 5.91 Å². The van der Waals surface area contributed by atoms with Crippen molar-refractivity contribution in [1.82, 2.24) is 15.1 Å². The van der Waals surface area contributed by atoms with Gasteiger partial charge in [0.2, 0.25) is 5.91 Å². The van der Waals surface area contributed by atoms with Crippen molar-refractivity contribution in [2.45, 2.75) is 37.8 Å². The minimum Gasteiger partial charge on any atom is -0.459 e. The average molecular weight is 349 g/mol. The van der Waals surface area contributed by atoms with E-state index in [0.717, 1.165) is 32.4 Å². The van der Waals surface area contributed by atoms with Gasteiger partial charge in [0, 0.05) is 32.8 Å². The molecule has 2 unspecified atom stereocenters. The van der Waals surface area contributed by atoms with Crippen LogP contribution in [-0.2, 0) is 9.53 Å². The SMILES string of the molecule is COCCN1CCCC1CNC(=O)C1CCCN1C(=O)c1ccco1. The lowest BCUT2D eigenvalue weighted by molar-refractivity contribution is -0.125. The molecule has 0 aromatic carbocycles. The third kappa shape index (κ3) is 4.22. The smallest absolute Gasteiger partial charge is 0.290 e. The van der Waals surface area contributed by atoms with Crippen LogP contribution in [0.5, 0.6) is 0 Å². The van der Waals surface area contributed by atoms with E-state index < -0.39 is 6.04 Å². The van der Waals surface area contributed by atoms with Gasteiger partial charge in [-0.15, -0.1) is 0 Å². The van der Waals surface area contributed by atoms with E-state index in [0.29, 0.717) is 37.9 Å². The second kappa shape index (κ2) is 8.49. The summed E-state index contributed by atoms with van der Waals surface area (Å²) in [7, 11) is 1.71. The van der Waals surface area contributed by atoms with Gasteiger partial charge in [-0.1, -0.05) is 0 Å². The Morgan fingerprint density at radius 1 is 1.32 bits per heavy atom. The normalized spacial score (nSPS) is 24.0. The number of carbonyl (C=O) groups is 2. The van der Waals surface area contributed by atoms with Crippen molar-refractivity contribution in [2.24, 2.45) is 0 Å². The molecule has 7 heteroatoms. The van der Waals surface area contributed by atoms with Gasteiger partial charge in [0.05, 0.1) is 12.9 Å². The minimum absolute atomic E-state index is 0.0593. The van der Waals surface area contributed by atoms with E-state index in [1.165, 1.54) is 6.26 Å². The first-order valence-corrected chi connectivity index (χ1v) is 9.06. The highest BCUT2D eigenvalue weighted by Gasteiger charge is 2.36. The van der Waals surface area contributed by atoms with Crippen molar-refractivity contribution < 1.29 is 18.7 Å². The van der Waals surface area contributed by atoms with Gasteiger partial charge in [0.1, 0.15) is 6.04 Å². The Labute approximate surface area is 148 Å². The van der Waals surface area contributed by atoms with Crippen molar-refractivity contribution in [3.05, 3.63) is 24.2 Å². The summed E-state index contributed by atoms with van der Waals surface area (Å²) in [6, 6.07) is 3.29. The molecule has 0 saturated carbocycles. The number of likely N-dealkylation sites (tertiary alicyclic amines) is 2. The summed E-state index contributed by atoms with van der Waals surface area (Å²) in [4.78, 5) is 29.1. The molecule has 2 atom stereocenters. The molecule has 0 bridgehead atoms. The fraction of sp³-hybridized carbons (Fsp3) is 0.667. The molecule has 25 heavy (non-hydrogen) atoms. The van der Waals surface area contributed by atoms with Gasteiger partial charge in [-0.25, -0.2) is 0 Å². The molecule has 0 spiro atoms. The number of methoxy groups -OCH3 is 1. The van der Waals surface area contributed by atoms with E-state index in [1.54, 1.807) is 24.1 Å². The molecule has 0 aliphatic carbocycles. The van der Waals surface area contributed by atoms with Crippen LogP contribution < -0.4 is 5.32 Å². The van der Waals surface area contributed by atoms with Gasteiger partial charge in [-0.05, 0) is 44.4 Å². The predicted molar refractivity (Wildman–Crippen MR) is 92.2 cm³/mol. The summed E-state index contributed by atoms with van der Waals surface area (Å²) in [5.41, 5.74) is 0. The first-order valence-electron chi connectivity index (χ1n) is 9.06. The third-order valence-corrected chi connectivity index (χ3v) is 5.14. The molecule has 1 N–H and O–H groups in total. The van der Waals surface area contributed by atoms with Crippen LogP contribution in [0.2, 0.25) is 0 Å². The molecule has 7 nitrogen and oxygen atoms in total. The molecule has 138 valence electrons. The Kier molecular flexibility index (Phi) is 6.09. The monoisotopic (exact) mass is 349 g/mol. The Morgan fingerprint density at radius 2 is 2.16 bits per heavy atom. The first kappa shape index (κ1) is 17.9. The Morgan fingerprint density at radius 3 is 2.92 bits per heavy atom. The summed E-state index contributed by atoms with van der Waals surface area (Å²) in [5, 5.41) is 3.06. The fourth-order valence-electron chi connectivity index (χ4n) is 3.79. The summed E-state index contributed by atoms with van der Waals surface area (Å²) in [6.45, 7) is 3.88. The molecule has 3 rings (SSSR count). The first-order chi connectivity index (χ1) is 12.2. The number of furan rings is 1. The lowest BCUT2D eigenvalue weighted by Gasteiger charge is -2.27. The molecule has 0 radical (unpaired) electrons. The van der Waals surface area contributed by atoms with E-state index in [2.05, 4.69) is 10.2 Å². The maximum Gasteiger partial charge on any atom is 0.290 e. The van der Waals surface area contributed by atoms with Crippen LogP contribution in [0.25, 0.3) is 0 Å². The van der Waals surface area contributed by atoms with Gasteiger partial charge >= 0.3 is 0 Å². The topological polar surface area (TPSA) is 75.0 Å². The number of hydrogen-bond acceptors (Lipinski definition) is 5. The molecular weight excluding hydrogens is 322 g/mol. The van der Waals surface area contributed by atoms with E-state index in [-0.39, 0.29) is 11.8 Å². The van der Waals surface area contributed by atoms with Crippen LogP contribution in [0, 0.1) is 0 Å². The average Bonchev–Trinajstić information content (AvgIpc) is 3.38. The van der Waals surface area contributed by atoms with Gasteiger partial charge in [0.15, 0.2) is 5.76 Å². The van der Waals surface area contributed by atoms with E-state index in [4.69, 9.17) is 9.15 Å². The van der Waals surface area contributed by atoms with E-state index >= 15 is 0 Å². The Bertz CT molecular complexity index is 575. The molecule has 1 aromatic heterocycles. The van der Waals surface area contributed by atoms with E-state index in [9.17, 15) is 9.59 Å². The lowest BCUT2D eigenvalue weighted by Crippen LogP contribution is -2.49. The highest BCUT2D eigenvalue weighted by Crippen LogP contribution is 2.21. The second-order valence-electron chi connectivity index (χ2n) is 6.70. The summed E-state index contributed by atoms with van der Waals surface area (Å²) >= 11 is 0. The number of hydrogen-bond donors (Lipinski definition) is 1. The number of amides is 2. The largest absolute Gasteiger partial charge is 0.459 e. The van der Waals surface area contributed by atoms with Gasteiger partial charge in [-0.3, -0.25) is 14.5 Å². The minimum atomic E-state index is -0.397. The molecule has 2 aliphatic heterocycles. The van der Waals surface area contributed by atoms with Gasteiger partial charge in [-0.2, -0.15) is 0 Å². The number of rotatable bonds is 7. The molecule has 1 aromatic rings. The Balaban J connectivity index is 1.52. The molecule has 2 saturated heterocycles. The zero-order valence-electron chi connectivity index (χ0n) is 14.8. The highest BCUT2D eigenvalue weighted by atomic mass is 16.5. The quantitative estimate of drug-likeness (QED) is 0.798. The lowest BCUT2D eigenvalue weighted by atomic mass is 10.1. The van der Waals surface area contributed by atoms with Crippen LogP contribution in [0.15, 0.2) is 22.8 Å². The molecular formula is C18H27N3O4. The third-order valence-electron chi connectivity index (χ3n) is 5.14. The number of nitrogens with zero attached hydrogens (tertiary/aromatic N) is 2. The molecule has 2 fully saturated rings. The van der Waals surface area contributed by atoms with Crippen LogP contribution in [0.1, 0.15) is 36.2 Å². The van der Waals surface area contributed by atoms with Crippen molar-refractivity contribution in [1.29, 1.82) is 0 Å². The van der Waals surface area contributed by atoms with Crippen molar-refractivity contribution in [3.63, 3.8) is 0 Å². The van der Waals surface area contributed by atoms with Crippen molar-refractivity contribution in [2.75, 3.05) is 39.9 Å². The summed E-state index contributed by atoms with van der Waals surface area (Å²) in [5.74, 6) is 0.0301. The fourth-order valence-corrected chi connectivity index (χ4v) is 3.79. The van der Waals surface area contributed by atoms with Crippen molar-refractivity contribution >= 4 is 11.8 Å². The van der Waals surface area contributed by atoms with Crippen LogP contribution in [-0.4, -0.2) is 73.6 Å². The second-order valence-corrected chi connectivity index (χ2v) is 6.70. The summed E-state index contributed by atoms with van der Waals surface area (Å²) in [6.07, 6.45) is 5.26. The van der Waals surface area contributed by atoms with Crippen LogP contribution in [0.3, 0.4) is 0 Å². The summed E-state index contributed by atoms with van der Waals surface area (Å²) < 4.78 is 10.3. The molecule has 2 aliphatic rings. The maximum atomic E-state index is 12.6. The zero-order chi connectivity index (χ0) is 17.6.